The minimum absolute atomic E-state index is 0.240. The van der Waals surface area contributed by atoms with E-state index in [-0.39, 0.29) is 5.54 Å². The van der Waals surface area contributed by atoms with Gasteiger partial charge in [0.1, 0.15) is 0 Å². The van der Waals surface area contributed by atoms with Crippen LogP contribution in [0.3, 0.4) is 0 Å². The molecule has 0 fully saturated rings. The topological polar surface area (TPSA) is 15.3 Å². The fourth-order valence-electron chi connectivity index (χ4n) is 2.35. The summed E-state index contributed by atoms with van der Waals surface area (Å²) < 4.78 is 0. The third-order valence-electron chi connectivity index (χ3n) is 3.16. The normalized spacial score (nSPS) is 18.6. The molecule has 0 bridgehead atoms. The van der Waals surface area contributed by atoms with E-state index in [1.54, 1.807) is 0 Å². The third-order valence-corrected chi connectivity index (χ3v) is 3.16. The molecule has 2 rings (SSSR count). The number of fused-ring (bicyclic) bond motifs is 1. The molecule has 1 aromatic rings. The molecule has 0 spiro atoms. The predicted octanol–water partition coefficient (Wildman–Crippen LogP) is 2.17. The van der Waals surface area contributed by atoms with Crippen LogP contribution in [0.4, 0.5) is 0 Å². The molecule has 0 saturated heterocycles. The standard InChI is InChI=1S/C14H22N2/c1-14(2)8-13-7-11(10-16(3)4)5-6-12(13)9-15-14/h5-7,15H,8-10H2,1-4H3. The summed E-state index contributed by atoms with van der Waals surface area (Å²) in [6, 6.07) is 6.90. The maximum atomic E-state index is 3.56. The van der Waals surface area contributed by atoms with Crippen molar-refractivity contribution < 1.29 is 0 Å². The second kappa shape index (κ2) is 4.19. The van der Waals surface area contributed by atoms with Crippen LogP contribution in [0.5, 0.6) is 0 Å². The molecule has 0 unspecified atom stereocenters. The summed E-state index contributed by atoms with van der Waals surface area (Å²) in [6.45, 7) is 6.58. The highest BCUT2D eigenvalue weighted by Gasteiger charge is 2.24. The Morgan fingerprint density at radius 3 is 2.69 bits per heavy atom. The number of hydrogen-bond donors (Lipinski definition) is 1. The average molecular weight is 218 g/mol. The first-order valence-electron chi connectivity index (χ1n) is 5.97. The summed E-state index contributed by atoms with van der Waals surface area (Å²) >= 11 is 0. The molecule has 16 heavy (non-hydrogen) atoms. The van der Waals surface area contributed by atoms with Gasteiger partial charge in [0, 0.05) is 18.6 Å². The van der Waals surface area contributed by atoms with Crippen molar-refractivity contribution in [3.8, 4) is 0 Å². The van der Waals surface area contributed by atoms with Crippen molar-refractivity contribution >= 4 is 0 Å². The quantitative estimate of drug-likeness (QED) is 0.818. The van der Waals surface area contributed by atoms with Crippen LogP contribution < -0.4 is 5.32 Å². The summed E-state index contributed by atoms with van der Waals surface area (Å²) in [4.78, 5) is 2.22. The van der Waals surface area contributed by atoms with Crippen LogP contribution in [-0.2, 0) is 19.5 Å². The van der Waals surface area contributed by atoms with E-state index in [1.165, 1.54) is 16.7 Å². The van der Waals surface area contributed by atoms with Crippen LogP contribution in [0.15, 0.2) is 18.2 Å². The van der Waals surface area contributed by atoms with Gasteiger partial charge in [-0.15, -0.1) is 0 Å². The first-order chi connectivity index (χ1) is 7.46. The lowest BCUT2D eigenvalue weighted by Gasteiger charge is -2.33. The number of nitrogens with zero attached hydrogens (tertiary/aromatic N) is 1. The molecule has 1 aliphatic heterocycles. The van der Waals surface area contributed by atoms with E-state index < -0.39 is 0 Å². The van der Waals surface area contributed by atoms with Crippen molar-refractivity contribution in [2.75, 3.05) is 14.1 Å². The Kier molecular flexibility index (Phi) is 3.04. The van der Waals surface area contributed by atoms with E-state index >= 15 is 0 Å². The Balaban J connectivity index is 2.24. The molecule has 0 amide bonds. The first kappa shape index (κ1) is 11.6. The molecule has 0 atom stereocenters. The minimum atomic E-state index is 0.240. The van der Waals surface area contributed by atoms with Crippen molar-refractivity contribution in [3.63, 3.8) is 0 Å². The van der Waals surface area contributed by atoms with E-state index in [2.05, 4.69) is 56.4 Å². The molecule has 0 radical (unpaired) electrons. The molecular formula is C14H22N2. The number of hydrogen-bond acceptors (Lipinski definition) is 2. The Labute approximate surface area is 98.7 Å². The molecule has 1 aliphatic rings. The van der Waals surface area contributed by atoms with E-state index in [4.69, 9.17) is 0 Å². The lowest BCUT2D eigenvalue weighted by Crippen LogP contribution is -2.44. The molecule has 1 N–H and O–H groups in total. The third kappa shape index (κ3) is 2.63. The fraction of sp³-hybridized carbons (Fsp3) is 0.571. The van der Waals surface area contributed by atoms with Gasteiger partial charge < -0.3 is 10.2 Å². The van der Waals surface area contributed by atoms with Crippen molar-refractivity contribution in [1.29, 1.82) is 0 Å². The maximum Gasteiger partial charge on any atom is 0.0227 e. The molecule has 1 heterocycles. The van der Waals surface area contributed by atoms with Crippen LogP contribution >= 0.6 is 0 Å². The minimum Gasteiger partial charge on any atom is -0.307 e. The van der Waals surface area contributed by atoms with Gasteiger partial charge in [-0.05, 0) is 51.1 Å². The van der Waals surface area contributed by atoms with Crippen molar-refractivity contribution in [2.45, 2.75) is 38.9 Å². The van der Waals surface area contributed by atoms with Gasteiger partial charge in [0.05, 0.1) is 0 Å². The Morgan fingerprint density at radius 1 is 1.25 bits per heavy atom. The smallest absolute Gasteiger partial charge is 0.0227 e. The first-order valence-corrected chi connectivity index (χ1v) is 5.97. The summed E-state index contributed by atoms with van der Waals surface area (Å²) in [5, 5.41) is 3.56. The summed E-state index contributed by atoms with van der Waals surface area (Å²) in [7, 11) is 4.23. The Bertz CT molecular complexity index is 380. The zero-order valence-corrected chi connectivity index (χ0v) is 10.8. The van der Waals surface area contributed by atoms with Crippen molar-refractivity contribution in [1.82, 2.24) is 10.2 Å². The summed E-state index contributed by atoms with van der Waals surface area (Å²) in [5.41, 5.74) is 4.63. The van der Waals surface area contributed by atoms with Crippen LogP contribution in [-0.4, -0.2) is 24.5 Å². The average Bonchev–Trinajstić information content (AvgIpc) is 2.14. The van der Waals surface area contributed by atoms with Gasteiger partial charge in [0.25, 0.3) is 0 Å². The summed E-state index contributed by atoms with van der Waals surface area (Å²) in [5.74, 6) is 0. The molecule has 0 saturated carbocycles. The van der Waals surface area contributed by atoms with E-state index in [0.717, 1.165) is 19.5 Å². The predicted molar refractivity (Wildman–Crippen MR) is 68.5 cm³/mol. The number of benzene rings is 1. The highest BCUT2D eigenvalue weighted by Crippen LogP contribution is 2.24. The molecule has 2 heteroatoms. The molecule has 0 aromatic heterocycles. The van der Waals surface area contributed by atoms with Crippen LogP contribution in [0.25, 0.3) is 0 Å². The van der Waals surface area contributed by atoms with Crippen LogP contribution in [0.2, 0.25) is 0 Å². The highest BCUT2D eigenvalue weighted by molar-refractivity contribution is 5.35. The monoisotopic (exact) mass is 218 g/mol. The number of nitrogens with one attached hydrogen (secondary N) is 1. The van der Waals surface area contributed by atoms with Gasteiger partial charge in [-0.25, -0.2) is 0 Å². The molecule has 88 valence electrons. The zero-order valence-electron chi connectivity index (χ0n) is 10.8. The highest BCUT2D eigenvalue weighted by atomic mass is 15.0. The van der Waals surface area contributed by atoms with Gasteiger partial charge in [0.15, 0.2) is 0 Å². The van der Waals surface area contributed by atoms with Crippen LogP contribution in [0, 0.1) is 0 Å². The molecular weight excluding hydrogens is 196 g/mol. The molecule has 0 aliphatic carbocycles. The molecule has 1 aromatic carbocycles. The zero-order chi connectivity index (χ0) is 11.8. The van der Waals surface area contributed by atoms with Gasteiger partial charge in [0.2, 0.25) is 0 Å². The van der Waals surface area contributed by atoms with Gasteiger partial charge >= 0.3 is 0 Å². The van der Waals surface area contributed by atoms with Crippen LogP contribution in [0.1, 0.15) is 30.5 Å². The van der Waals surface area contributed by atoms with E-state index in [9.17, 15) is 0 Å². The SMILES string of the molecule is CN(C)Cc1ccc2c(c1)CC(C)(C)NC2. The fourth-order valence-corrected chi connectivity index (χ4v) is 2.35. The van der Waals surface area contributed by atoms with E-state index in [1.807, 2.05) is 0 Å². The lowest BCUT2D eigenvalue weighted by molar-refractivity contribution is 0.361. The van der Waals surface area contributed by atoms with Crippen molar-refractivity contribution in [3.05, 3.63) is 34.9 Å². The number of rotatable bonds is 2. The van der Waals surface area contributed by atoms with Gasteiger partial charge in [-0.3, -0.25) is 0 Å². The Hall–Kier alpha value is -0.860. The largest absolute Gasteiger partial charge is 0.307 e. The van der Waals surface area contributed by atoms with E-state index in [0.29, 0.717) is 0 Å². The second-order valence-corrected chi connectivity index (χ2v) is 5.76. The Morgan fingerprint density at radius 2 is 2.00 bits per heavy atom. The molecule has 2 nitrogen and oxygen atoms in total. The lowest BCUT2D eigenvalue weighted by atomic mass is 9.87. The van der Waals surface area contributed by atoms with Crippen molar-refractivity contribution in [2.24, 2.45) is 0 Å². The van der Waals surface area contributed by atoms with Gasteiger partial charge in [-0.1, -0.05) is 18.2 Å². The van der Waals surface area contributed by atoms with Gasteiger partial charge in [-0.2, -0.15) is 0 Å². The maximum absolute atomic E-state index is 3.56. The summed E-state index contributed by atoms with van der Waals surface area (Å²) in [6.07, 6.45) is 1.13. The second-order valence-electron chi connectivity index (χ2n) is 5.76.